The van der Waals surface area contributed by atoms with E-state index >= 15 is 0 Å². The lowest BCUT2D eigenvalue weighted by molar-refractivity contribution is 0.0950. The molecule has 2 aliphatic rings. The van der Waals surface area contributed by atoms with Crippen molar-refractivity contribution in [2.45, 2.75) is 19.4 Å². The molecule has 0 radical (unpaired) electrons. The molecule has 10 heteroatoms. The lowest BCUT2D eigenvalue weighted by Gasteiger charge is -2.29. The summed E-state index contributed by atoms with van der Waals surface area (Å²) in [6.45, 7) is 3.79. The van der Waals surface area contributed by atoms with Crippen molar-refractivity contribution < 1.29 is 14.3 Å². The van der Waals surface area contributed by atoms with Gasteiger partial charge in [0.1, 0.15) is 17.9 Å². The largest absolute Gasteiger partial charge is 0.492 e. The van der Waals surface area contributed by atoms with Crippen molar-refractivity contribution >= 4 is 23.3 Å². The average molecular weight is 481 g/mol. The van der Waals surface area contributed by atoms with Gasteiger partial charge in [-0.2, -0.15) is 10.2 Å². The number of aromatic nitrogens is 4. The molecule has 5 rings (SSSR count). The summed E-state index contributed by atoms with van der Waals surface area (Å²) in [6, 6.07) is 7.18. The smallest absolute Gasteiger partial charge is 0.253 e. The molecule has 1 N–H and O–H groups in total. The topological polar surface area (TPSA) is 102 Å². The quantitative estimate of drug-likeness (QED) is 0.524. The van der Waals surface area contributed by atoms with Crippen LogP contribution in [0.15, 0.2) is 43.0 Å². The molecule has 0 spiro atoms. The third-order valence-corrected chi connectivity index (χ3v) is 6.13. The number of ether oxygens (including phenoxy) is 2. The van der Waals surface area contributed by atoms with Crippen LogP contribution >= 0.6 is 11.6 Å². The number of halogens is 1. The van der Waals surface area contributed by atoms with Gasteiger partial charge in [-0.1, -0.05) is 11.6 Å². The highest BCUT2D eigenvalue weighted by Crippen LogP contribution is 2.33. The third-order valence-electron chi connectivity index (χ3n) is 5.83. The first-order chi connectivity index (χ1) is 16.7. The van der Waals surface area contributed by atoms with Crippen molar-refractivity contribution in [1.82, 2.24) is 25.5 Å². The Morgan fingerprint density at radius 2 is 2.06 bits per heavy atom. The number of hydrogen-bond donors (Lipinski definition) is 1. The molecule has 1 aromatic carbocycles. The fourth-order valence-corrected chi connectivity index (χ4v) is 3.95. The van der Waals surface area contributed by atoms with E-state index in [2.05, 4.69) is 30.4 Å². The molecule has 3 aromatic rings. The number of amides is 1. The molecule has 2 aromatic heterocycles. The number of carbonyl (C=O) groups is 1. The first kappa shape index (κ1) is 22.5. The van der Waals surface area contributed by atoms with Gasteiger partial charge in [0.15, 0.2) is 0 Å². The van der Waals surface area contributed by atoms with Crippen LogP contribution in [0.2, 0.25) is 5.02 Å². The highest BCUT2D eigenvalue weighted by atomic mass is 35.5. The van der Waals surface area contributed by atoms with Crippen LogP contribution in [0, 0.1) is 5.92 Å². The fraction of sp³-hybridized carbons (Fsp3) is 0.375. The number of rotatable bonds is 8. The highest BCUT2D eigenvalue weighted by Gasteiger charge is 2.22. The molecule has 34 heavy (non-hydrogen) atoms. The van der Waals surface area contributed by atoms with Crippen molar-refractivity contribution in [3.63, 3.8) is 0 Å². The molecular formula is C24H25ClN6O3. The van der Waals surface area contributed by atoms with Crippen LogP contribution in [0.25, 0.3) is 11.3 Å². The summed E-state index contributed by atoms with van der Waals surface area (Å²) in [5, 5.41) is 11.6. The van der Waals surface area contributed by atoms with Gasteiger partial charge in [0.2, 0.25) is 0 Å². The van der Waals surface area contributed by atoms with Crippen molar-refractivity contribution in [1.29, 1.82) is 0 Å². The first-order valence-electron chi connectivity index (χ1n) is 11.3. The Labute approximate surface area is 202 Å². The van der Waals surface area contributed by atoms with Crippen LogP contribution in [-0.4, -0.2) is 59.0 Å². The Morgan fingerprint density at radius 1 is 1.21 bits per heavy atom. The highest BCUT2D eigenvalue weighted by molar-refractivity contribution is 6.32. The average Bonchev–Trinajstić information content (AvgIpc) is 3.72. The van der Waals surface area contributed by atoms with Gasteiger partial charge in [0.05, 0.1) is 42.3 Å². The molecule has 0 atom stereocenters. The van der Waals surface area contributed by atoms with Crippen LogP contribution in [0.4, 0.5) is 5.82 Å². The second kappa shape index (κ2) is 10.3. The third kappa shape index (κ3) is 5.43. The van der Waals surface area contributed by atoms with Crippen LogP contribution in [0.5, 0.6) is 5.75 Å². The number of carbonyl (C=O) groups excluding carboxylic acids is 1. The molecule has 1 saturated heterocycles. The number of morpholine rings is 1. The standard InChI is InChI=1S/C24H25ClN6O3/c25-20-9-17(3-4-22(20)34-14-16-1-2-16)21-10-18(13-29-30-21)24(32)27-12-19-11-26-15-28-23(19)31-5-7-33-8-6-31/h3-4,9-11,13,15-16H,1-2,5-8,12,14H2,(H,27,32). The monoisotopic (exact) mass is 480 g/mol. The van der Waals surface area contributed by atoms with E-state index in [-0.39, 0.29) is 5.91 Å². The first-order valence-corrected chi connectivity index (χ1v) is 11.7. The maximum atomic E-state index is 12.9. The fourth-order valence-electron chi connectivity index (χ4n) is 3.72. The predicted molar refractivity (Wildman–Crippen MR) is 127 cm³/mol. The minimum absolute atomic E-state index is 0.261. The summed E-state index contributed by atoms with van der Waals surface area (Å²) >= 11 is 6.41. The molecule has 9 nitrogen and oxygen atoms in total. The molecule has 1 saturated carbocycles. The Bertz CT molecular complexity index is 1170. The van der Waals surface area contributed by atoms with Gasteiger partial charge in [0, 0.05) is 37.0 Å². The van der Waals surface area contributed by atoms with Gasteiger partial charge >= 0.3 is 0 Å². The van der Waals surface area contributed by atoms with E-state index in [1.165, 1.54) is 25.4 Å². The van der Waals surface area contributed by atoms with Gasteiger partial charge in [0.25, 0.3) is 5.91 Å². The number of nitrogens with one attached hydrogen (secondary N) is 1. The molecule has 1 aliphatic heterocycles. The van der Waals surface area contributed by atoms with Crippen molar-refractivity contribution in [2.75, 3.05) is 37.8 Å². The maximum Gasteiger partial charge on any atom is 0.253 e. The van der Waals surface area contributed by atoms with Gasteiger partial charge in [-0.15, -0.1) is 0 Å². The summed E-state index contributed by atoms with van der Waals surface area (Å²) in [7, 11) is 0. The molecule has 0 bridgehead atoms. The Morgan fingerprint density at radius 3 is 2.85 bits per heavy atom. The van der Waals surface area contributed by atoms with E-state index in [1.807, 2.05) is 12.1 Å². The maximum absolute atomic E-state index is 12.9. The van der Waals surface area contributed by atoms with Crippen molar-refractivity contribution in [3.05, 3.63) is 59.1 Å². The summed E-state index contributed by atoms with van der Waals surface area (Å²) in [4.78, 5) is 23.5. The summed E-state index contributed by atoms with van der Waals surface area (Å²) in [5.74, 6) is 1.85. The second-order valence-electron chi connectivity index (χ2n) is 8.38. The molecule has 0 unspecified atom stereocenters. The zero-order valence-electron chi connectivity index (χ0n) is 18.6. The number of hydrogen-bond acceptors (Lipinski definition) is 8. The van der Waals surface area contributed by atoms with Crippen LogP contribution in [-0.2, 0) is 11.3 Å². The van der Waals surface area contributed by atoms with E-state index in [4.69, 9.17) is 21.1 Å². The Hall–Kier alpha value is -3.30. The van der Waals surface area contributed by atoms with Crippen molar-refractivity contribution in [2.24, 2.45) is 5.92 Å². The zero-order chi connectivity index (χ0) is 23.3. The van der Waals surface area contributed by atoms with Gasteiger partial charge in [-0.3, -0.25) is 4.79 Å². The van der Waals surface area contributed by atoms with Crippen LogP contribution < -0.4 is 15.0 Å². The number of nitrogens with zero attached hydrogens (tertiary/aromatic N) is 5. The molecule has 3 heterocycles. The summed E-state index contributed by atoms with van der Waals surface area (Å²) in [6.07, 6.45) is 7.11. The zero-order valence-corrected chi connectivity index (χ0v) is 19.4. The van der Waals surface area contributed by atoms with Crippen molar-refractivity contribution in [3.8, 4) is 17.0 Å². The van der Waals surface area contributed by atoms with Gasteiger partial charge < -0.3 is 19.7 Å². The number of anilines is 1. The molecular weight excluding hydrogens is 456 g/mol. The second-order valence-corrected chi connectivity index (χ2v) is 8.79. The minimum atomic E-state index is -0.261. The number of benzene rings is 1. The SMILES string of the molecule is O=C(NCc1cncnc1N1CCOCC1)c1cnnc(-c2ccc(OCC3CC3)c(Cl)c2)c1. The van der Waals surface area contributed by atoms with Crippen LogP contribution in [0.1, 0.15) is 28.8 Å². The van der Waals surface area contributed by atoms with Gasteiger partial charge in [-0.25, -0.2) is 9.97 Å². The molecule has 176 valence electrons. The van der Waals surface area contributed by atoms with E-state index in [1.54, 1.807) is 18.3 Å². The predicted octanol–water partition coefficient (Wildman–Crippen LogP) is 3.14. The molecule has 2 fully saturated rings. The Kier molecular flexibility index (Phi) is 6.82. The van der Waals surface area contributed by atoms with Gasteiger partial charge in [-0.05, 0) is 43.0 Å². The van der Waals surface area contributed by atoms with E-state index in [0.717, 1.165) is 30.0 Å². The lowest BCUT2D eigenvalue weighted by atomic mass is 10.1. The summed E-state index contributed by atoms with van der Waals surface area (Å²) in [5.41, 5.74) is 2.56. The summed E-state index contributed by atoms with van der Waals surface area (Å²) < 4.78 is 11.2. The molecule has 1 amide bonds. The normalized spacial score (nSPS) is 15.7. The van der Waals surface area contributed by atoms with Crippen LogP contribution in [0.3, 0.4) is 0 Å². The van der Waals surface area contributed by atoms with E-state index in [9.17, 15) is 4.79 Å². The van der Waals surface area contributed by atoms with E-state index in [0.29, 0.717) is 54.3 Å². The van der Waals surface area contributed by atoms with E-state index < -0.39 is 0 Å². The molecule has 1 aliphatic carbocycles. The lowest BCUT2D eigenvalue weighted by Crippen LogP contribution is -2.38. The Balaban J connectivity index is 1.26. The minimum Gasteiger partial charge on any atom is -0.492 e.